The highest BCUT2D eigenvalue weighted by Crippen LogP contribution is 2.30. The van der Waals surface area contributed by atoms with E-state index in [1.807, 2.05) is 0 Å². The van der Waals surface area contributed by atoms with Gasteiger partial charge in [-0.05, 0) is 17.5 Å². The van der Waals surface area contributed by atoms with E-state index in [9.17, 15) is 20.0 Å². The zero-order valence-electron chi connectivity index (χ0n) is 8.08. The van der Waals surface area contributed by atoms with Crippen LogP contribution in [0.25, 0.3) is 10.8 Å². The average Bonchev–Trinajstić information content (AvgIpc) is 2.29. The fourth-order valence-electron chi connectivity index (χ4n) is 1.53. The molecule has 0 heterocycles. The van der Waals surface area contributed by atoms with Crippen LogP contribution in [0.4, 0.5) is 5.69 Å². The summed E-state index contributed by atoms with van der Waals surface area (Å²) in [6, 6.07) is 7.05. The number of benzene rings is 2. The number of nitro groups is 1. The molecule has 0 saturated heterocycles. The lowest BCUT2D eigenvalue weighted by atomic mass is 10.1. The Morgan fingerprint density at radius 1 is 1.25 bits per heavy atom. The van der Waals surface area contributed by atoms with Crippen LogP contribution in [-0.4, -0.2) is 16.3 Å². The number of nitrogens with zero attached hydrogens (tertiary/aromatic N) is 1. The third-order valence-electron chi connectivity index (χ3n) is 2.34. The Labute approximate surface area is 90.1 Å². The first-order valence-electron chi connectivity index (χ1n) is 4.49. The van der Waals surface area contributed by atoms with Crippen molar-refractivity contribution in [3.63, 3.8) is 0 Å². The number of nitro benzene ring substituents is 1. The molecule has 0 atom stereocenters. The second-order valence-electron chi connectivity index (χ2n) is 3.28. The maximum Gasteiger partial charge on any atom is 0.270 e. The molecule has 0 bridgehead atoms. The van der Waals surface area contributed by atoms with Crippen LogP contribution in [0.15, 0.2) is 30.3 Å². The van der Waals surface area contributed by atoms with Gasteiger partial charge in [0.05, 0.1) is 10.5 Å². The molecule has 5 heteroatoms. The number of non-ortho nitro benzene ring substituents is 1. The van der Waals surface area contributed by atoms with Gasteiger partial charge in [0.25, 0.3) is 5.69 Å². The third-order valence-corrected chi connectivity index (χ3v) is 2.34. The second-order valence-corrected chi connectivity index (χ2v) is 3.28. The van der Waals surface area contributed by atoms with Crippen LogP contribution in [0.2, 0.25) is 0 Å². The minimum Gasteiger partial charge on any atom is -0.507 e. The molecule has 0 amide bonds. The van der Waals surface area contributed by atoms with E-state index in [-0.39, 0.29) is 17.0 Å². The van der Waals surface area contributed by atoms with Gasteiger partial charge < -0.3 is 5.11 Å². The summed E-state index contributed by atoms with van der Waals surface area (Å²) in [6.07, 6.45) is 0.538. The Balaban J connectivity index is 2.74. The van der Waals surface area contributed by atoms with E-state index in [0.717, 1.165) is 0 Å². The Morgan fingerprint density at radius 2 is 2.00 bits per heavy atom. The van der Waals surface area contributed by atoms with E-state index in [1.165, 1.54) is 24.3 Å². The molecule has 0 aliphatic heterocycles. The summed E-state index contributed by atoms with van der Waals surface area (Å²) in [4.78, 5) is 20.6. The highest BCUT2D eigenvalue weighted by molar-refractivity contribution is 5.96. The van der Waals surface area contributed by atoms with Crippen molar-refractivity contribution < 1.29 is 14.8 Å². The van der Waals surface area contributed by atoms with Crippen molar-refractivity contribution in [1.82, 2.24) is 0 Å². The molecule has 0 saturated carbocycles. The van der Waals surface area contributed by atoms with Crippen LogP contribution in [0, 0.1) is 10.1 Å². The fraction of sp³-hybridized carbons (Fsp3) is 0. The van der Waals surface area contributed by atoms with Crippen LogP contribution >= 0.6 is 0 Å². The van der Waals surface area contributed by atoms with Crippen molar-refractivity contribution in [3.05, 3.63) is 46.0 Å². The maximum atomic E-state index is 10.6. The summed E-state index contributed by atoms with van der Waals surface area (Å²) in [5, 5.41) is 21.2. The molecule has 0 fully saturated rings. The normalized spacial score (nSPS) is 10.2. The van der Waals surface area contributed by atoms with Crippen LogP contribution in [-0.2, 0) is 0 Å². The summed E-state index contributed by atoms with van der Waals surface area (Å²) in [7, 11) is 0. The van der Waals surface area contributed by atoms with Gasteiger partial charge in [-0.25, -0.2) is 0 Å². The zero-order valence-corrected chi connectivity index (χ0v) is 8.08. The van der Waals surface area contributed by atoms with Crippen LogP contribution in [0.3, 0.4) is 0 Å². The predicted molar refractivity (Wildman–Crippen MR) is 57.7 cm³/mol. The SMILES string of the molecule is O=Cc1ccc2cc([N+](=O)[O-])ccc2c1O. The van der Waals surface area contributed by atoms with E-state index in [4.69, 9.17) is 0 Å². The van der Waals surface area contributed by atoms with Crippen LogP contribution in [0.1, 0.15) is 10.4 Å². The Morgan fingerprint density at radius 3 is 2.62 bits per heavy atom. The number of phenols is 1. The number of hydrogen-bond acceptors (Lipinski definition) is 4. The lowest BCUT2D eigenvalue weighted by Gasteiger charge is -2.02. The molecule has 1 N–H and O–H groups in total. The van der Waals surface area contributed by atoms with Gasteiger partial charge in [0, 0.05) is 17.5 Å². The lowest BCUT2D eigenvalue weighted by molar-refractivity contribution is -0.384. The lowest BCUT2D eigenvalue weighted by Crippen LogP contribution is -1.88. The average molecular weight is 217 g/mol. The number of aromatic hydroxyl groups is 1. The fourth-order valence-corrected chi connectivity index (χ4v) is 1.53. The molecule has 5 nitrogen and oxygen atoms in total. The van der Waals surface area contributed by atoms with Crippen molar-refractivity contribution in [2.24, 2.45) is 0 Å². The molecule has 0 radical (unpaired) electrons. The number of aldehydes is 1. The van der Waals surface area contributed by atoms with Crippen molar-refractivity contribution in [2.45, 2.75) is 0 Å². The molecule has 2 aromatic carbocycles. The van der Waals surface area contributed by atoms with E-state index in [0.29, 0.717) is 17.1 Å². The summed E-state index contributed by atoms with van der Waals surface area (Å²) in [6.45, 7) is 0. The van der Waals surface area contributed by atoms with Gasteiger partial charge in [0.15, 0.2) is 6.29 Å². The third kappa shape index (κ3) is 1.48. The second kappa shape index (κ2) is 3.62. The minimum atomic E-state index is -0.510. The summed E-state index contributed by atoms with van der Waals surface area (Å²) >= 11 is 0. The number of carbonyl (C=O) groups is 1. The molecule has 2 aromatic rings. The number of carbonyl (C=O) groups excluding carboxylic acids is 1. The van der Waals surface area contributed by atoms with Gasteiger partial charge in [-0.2, -0.15) is 0 Å². The monoisotopic (exact) mass is 217 g/mol. The van der Waals surface area contributed by atoms with Crippen molar-refractivity contribution in [2.75, 3.05) is 0 Å². The highest BCUT2D eigenvalue weighted by Gasteiger charge is 2.10. The minimum absolute atomic E-state index is 0.0502. The molecule has 80 valence electrons. The molecule has 0 aliphatic carbocycles. The number of hydrogen-bond donors (Lipinski definition) is 1. The summed E-state index contributed by atoms with van der Waals surface area (Å²) in [5.74, 6) is -0.151. The number of phenolic OH excluding ortho intramolecular Hbond substituents is 1. The van der Waals surface area contributed by atoms with Gasteiger partial charge >= 0.3 is 0 Å². The maximum absolute atomic E-state index is 10.6. The molecule has 0 aliphatic rings. The van der Waals surface area contributed by atoms with Crippen molar-refractivity contribution >= 4 is 22.7 Å². The quantitative estimate of drug-likeness (QED) is 0.475. The number of rotatable bonds is 2. The Hall–Kier alpha value is -2.43. The largest absolute Gasteiger partial charge is 0.507 e. The zero-order chi connectivity index (χ0) is 11.7. The van der Waals surface area contributed by atoms with Gasteiger partial charge in [0.1, 0.15) is 5.75 Å². The molecular formula is C11H7NO4. The van der Waals surface area contributed by atoms with E-state index in [1.54, 1.807) is 6.07 Å². The molecule has 0 spiro atoms. The Kier molecular flexibility index (Phi) is 2.28. The number of fused-ring (bicyclic) bond motifs is 1. The van der Waals surface area contributed by atoms with E-state index in [2.05, 4.69) is 0 Å². The smallest absolute Gasteiger partial charge is 0.270 e. The molecular weight excluding hydrogens is 210 g/mol. The Bertz CT molecular complexity index is 592. The first kappa shape index (κ1) is 10.1. The van der Waals surface area contributed by atoms with Crippen molar-refractivity contribution in [1.29, 1.82) is 0 Å². The molecule has 0 aromatic heterocycles. The standard InChI is InChI=1S/C11H7NO4/c13-6-8-2-1-7-5-9(12(15)16)3-4-10(7)11(8)14/h1-6,14H. The van der Waals surface area contributed by atoms with Gasteiger partial charge in [-0.15, -0.1) is 0 Å². The predicted octanol–water partition coefficient (Wildman–Crippen LogP) is 2.27. The summed E-state index contributed by atoms with van der Waals surface area (Å²) in [5.41, 5.74) is 0.118. The van der Waals surface area contributed by atoms with E-state index >= 15 is 0 Å². The topological polar surface area (TPSA) is 80.4 Å². The van der Waals surface area contributed by atoms with Crippen molar-refractivity contribution in [3.8, 4) is 5.75 Å². The van der Waals surface area contributed by atoms with Gasteiger partial charge in [0.2, 0.25) is 0 Å². The van der Waals surface area contributed by atoms with Crippen LogP contribution in [0.5, 0.6) is 5.75 Å². The molecule has 0 unspecified atom stereocenters. The van der Waals surface area contributed by atoms with E-state index < -0.39 is 4.92 Å². The van der Waals surface area contributed by atoms with Gasteiger partial charge in [-0.3, -0.25) is 14.9 Å². The van der Waals surface area contributed by atoms with Crippen LogP contribution < -0.4 is 0 Å². The van der Waals surface area contributed by atoms with Gasteiger partial charge in [-0.1, -0.05) is 6.07 Å². The summed E-state index contributed by atoms with van der Waals surface area (Å²) < 4.78 is 0. The molecule has 2 rings (SSSR count). The molecule has 16 heavy (non-hydrogen) atoms. The highest BCUT2D eigenvalue weighted by atomic mass is 16.6. The first-order chi connectivity index (χ1) is 7.63. The first-order valence-corrected chi connectivity index (χ1v) is 4.49.